The maximum Gasteiger partial charge on any atom is 0.277 e. The Bertz CT molecular complexity index is 666. The molecule has 21 heavy (non-hydrogen) atoms. The number of nitrogens with zero attached hydrogens (tertiary/aromatic N) is 1. The number of nitrogen functional groups attached to an aromatic ring is 1. The predicted molar refractivity (Wildman–Crippen MR) is 89.5 cm³/mol. The van der Waals surface area contributed by atoms with E-state index in [0.717, 1.165) is 5.69 Å². The molecule has 110 valence electrons. The van der Waals surface area contributed by atoms with Gasteiger partial charge in [-0.15, -0.1) is 0 Å². The van der Waals surface area contributed by atoms with E-state index in [2.05, 4.69) is 21.0 Å². The van der Waals surface area contributed by atoms with E-state index in [-0.39, 0.29) is 5.91 Å². The average molecular weight is 321 g/mol. The summed E-state index contributed by atoms with van der Waals surface area (Å²) in [5.74, 6) is 4.75. The van der Waals surface area contributed by atoms with Crippen molar-refractivity contribution in [3.8, 4) is 0 Å². The monoisotopic (exact) mass is 321 g/mol. The molecule has 0 aliphatic rings. The molecule has 0 radical (unpaired) electrons. The third-order valence-corrected chi connectivity index (χ3v) is 3.94. The molecule has 1 aromatic heterocycles. The number of hydrogen-bond acceptors (Lipinski definition) is 5. The second kappa shape index (κ2) is 6.61. The van der Waals surface area contributed by atoms with Crippen molar-refractivity contribution in [2.24, 2.45) is 5.84 Å². The molecular weight excluding hydrogens is 306 g/mol. The zero-order valence-corrected chi connectivity index (χ0v) is 13.2. The van der Waals surface area contributed by atoms with Crippen molar-refractivity contribution >= 4 is 45.4 Å². The number of anilines is 2. The number of nitrogens with one attached hydrogen (secondary N) is 3. The topological polar surface area (TPSA) is 92.1 Å². The number of rotatable bonds is 3. The Morgan fingerprint density at radius 2 is 1.90 bits per heavy atom. The van der Waals surface area contributed by atoms with Gasteiger partial charge >= 0.3 is 0 Å². The fourth-order valence-corrected chi connectivity index (χ4v) is 2.78. The fourth-order valence-electron chi connectivity index (χ4n) is 1.62. The Labute approximate surface area is 131 Å². The van der Waals surface area contributed by atoms with E-state index < -0.39 is 0 Å². The lowest BCUT2D eigenvalue weighted by molar-refractivity contribution is 0.0957. The minimum absolute atomic E-state index is 0.365. The number of aromatic nitrogens is 1. The standard InChI is InChI=1S/C13H15N5OS2/c1-7-3-5-9(6-4-7)16-12(20)17-13-15-8(2)10(21-13)11(19)18-14/h3-6H,14H2,1-2H3,(H,18,19)(H2,15,16,17,20). The second-order valence-corrected chi connectivity index (χ2v) is 5.76. The molecule has 8 heteroatoms. The van der Waals surface area contributed by atoms with Crippen LogP contribution in [0.3, 0.4) is 0 Å². The summed E-state index contributed by atoms with van der Waals surface area (Å²) < 4.78 is 0. The first kappa shape index (κ1) is 15.4. The van der Waals surface area contributed by atoms with E-state index in [1.165, 1.54) is 16.9 Å². The van der Waals surface area contributed by atoms with Gasteiger partial charge in [0.1, 0.15) is 4.88 Å². The number of benzene rings is 1. The highest BCUT2D eigenvalue weighted by molar-refractivity contribution is 7.80. The Balaban J connectivity index is 2.03. The number of nitrogens with two attached hydrogens (primary N) is 1. The number of hydrazine groups is 1. The molecular formula is C13H15N5OS2. The lowest BCUT2D eigenvalue weighted by Crippen LogP contribution is -2.29. The van der Waals surface area contributed by atoms with Crippen molar-refractivity contribution in [1.82, 2.24) is 10.4 Å². The number of hydrogen-bond donors (Lipinski definition) is 4. The maximum absolute atomic E-state index is 11.5. The van der Waals surface area contributed by atoms with Gasteiger partial charge in [-0.05, 0) is 38.2 Å². The minimum Gasteiger partial charge on any atom is -0.332 e. The molecule has 0 saturated heterocycles. The summed E-state index contributed by atoms with van der Waals surface area (Å²) in [7, 11) is 0. The fraction of sp³-hybridized carbons (Fsp3) is 0.154. The maximum atomic E-state index is 11.5. The summed E-state index contributed by atoms with van der Waals surface area (Å²) in [5.41, 5.74) is 4.74. The SMILES string of the molecule is Cc1ccc(NC(=S)Nc2nc(C)c(C(=O)NN)s2)cc1. The third kappa shape index (κ3) is 3.97. The first-order chi connectivity index (χ1) is 9.99. The van der Waals surface area contributed by atoms with Crippen molar-refractivity contribution in [3.63, 3.8) is 0 Å². The number of amides is 1. The summed E-state index contributed by atoms with van der Waals surface area (Å²) in [4.78, 5) is 16.2. The molecule has 0 aliphatic heterocycles. The lowest BCUT2D eigenvalue weighted by Gasteiger charge is -2.08. The molecule has 1 heterocycles. The molecule has 0 bridgehead atoms. The van der Waals surface area contributed by atoms with Crippen molar-refractivity contribution in [3.05, 3.63) is 40.4 Å². The zero-order valence-electron chi connectivity index (χ0n) is 11.6. The van der Waals surface area contributed by atoms with E-state index in [0.29, 0.717) is 20.8 Å². The van der Waals surface area contributed by atoms with Crippen molar-refractivity contribution in [1.29, 1.82) is 0 Å². The zero-order chi connectivity index (χ0) is 15.4. The van der Waals surface area contributed by atoms with E-state index in [1.54, 1.807) is 6.92 Å². The molecule has 0 saturated carbocycles. The summed E-state index contributed by atoms with van der Waals surface area (Å²) in [5, 5.41) is 6.95. The highest BCUT2D eigenvalue weighted by Crippen LogP contribution is 2.22. The second-order valence-electron chi connectivity index (χ2n) is 4.35. The Morgan fingerprint density at radius 1 is 1.24 bits per heavy atom. The first-order valence-electron chi connectivity index (χ1n) is 6.12. The number of carbonyl (C=O) groups is 1. The summed E-state index contributed by atoms with van der Waals surface area (Å²) >= 11 is 6.41. The van der Waals surface area contributed by atoms with Crippen LogP contribution < -0.4 is 21.9 Å². The number of aryl methyl sites for hydroxylation is 2. The molecule has 0 spiro atoms. The van der Waals surface area contributed by atoms with Gasteiger partial charge in [0.05, 0.1) is 5.69 Å². The number of thiocarbonyl (C=S) groups is 1. The van der Waals surface area contributed by atoms with Crippen molar-refractivity contribution in [2.45, 2.75) is 13.8 Å². The van der Waals surface area contributed by atoms with Gasteiger partial charge in [-0.1, -0.05) is 29.0 Å². The van der Waals surface area contributed by atoms with Gasteiger partial charge in [-0.3, -0.25) is 10.2 Å². The van der Waals surface area contributed by atoms with Gasteiger partial charge in [-0.2, -0.15) is 0 Å². The smallest absolute Gasteiger partial charge is 0.277 e. The first-order valence-corrected chi connectivity index (χ1v) is 7.35. The quantitative estimate of drug-likeness (QED) is 0.300. The molecule has 1 amide bonds. The van der Waals surface area contributed by atoms with E-state index in [1.807, 2.05) is 31.2 Å². The minimum atomic E-state index is -0.365. The summed E-state index contributed by atoms with van der Waals surface area (Å²) in [6, 6.07) is 7.85. The van der Waals surface area contributed by atoms with E-state index in [9.17, 15) is 4.79 Å². The molecule has 2 aromatic rings. The van der Waals surface area contributed by atoms with Crippen LogP contribution in [0.1, 0.15) is 20.9 Å². The third-order valence-electron chi connectivity index (χ3n) is 2.66. The van der Waals surface area contributed by atoms with Gasteiger partial charge in [-0.25, -0.2) is 10.8 Å². The van der Waals surface area contributed by atoms with Crippen molar-refractivity contribution < 1.29 is 4.79 Å². The summed E-state index contributed by atoms with van der Waals surface area (Å²) in [6.07, 6.45) is 0. The average Bonchev–Trinajstić information content (AvgIpc) is 2.81. The van der Waals surface area contributed by atoms with Crippen LogP contribution in [0.2, 0.25) is 0 Å². The van der Waals surface area contributed by atoms with Gasteiger partial charge in [0, 0.05) is 5.69 Å². The van der Waals surface area contributed by atoms with E-state index in [4.69, 9.17) is 18.1 Å². The molecule has 1 aromatic carbocycles. The molecule has 0 unspecified atom stereocenters. The number of thiazole rings is 1. The molecule has 5 N–H and O–H groups in total. The van der Waals surface area contributed by atoms with Gasteiger partial charge in [0.2, 0.25) is 0 Å². The molecule has 6 nitrogen and oxygen atoms in total. The van der Waals surface area contributed by atoms with Crippen LogP contribution in [0.25, 0.3) is 0 Å². The normalized spacial score (nSPS) is 10.0. The van der Waals surface area contributed by atoms with Crippen molar-refractivity contribution in [2.75, 3.05) is 10.6 Å². The Hall–Kier alpha value is -2.03. The van der Waals surface area contributed by atoms with Crippen LogP contribution in [-0.2, 0) is 0 Å². The molecule has 0 atom stereocenters. The van der Waals surface area contributed by atoms with Crippen LogP contribution in [0.15, 0.2) is 24.3 Å². The van der Waals surface area contributed by atoms with Crippen LogP contribution in [-0.4, -0.2) is 16.0 Å². The van der Waals surface area contributed by atoms with E-state index >= 15 is 0 Å². The predicted octanol–water partition coefficient (Wildman–Crippen LogP) is 2.17. The van der Waals surface area contributed by atoms with Gasteiger partial charge in [0.15, 0.2) is 10.2 Å². The van der Waals surface area contributed by atoms with Crippen LogP contribution in [0.5, 0.6) is 0 Å². The Kier molecular flexibility index (Phi) is 4.84. The lowest BCUT2D eigenvalue weighted by atomic mass is 10.2. The highest BCUT2D eigenvalue weighted by Gasteiger charge is 2.14. The Morgan fingerprint density at radius 3 is 2.52 bits per heavy atom. The van der Waals surface area contributed by atoms with Crippen LogP contribution in [0, 0.1) is 13.8 Å². The molecule has 2 rings (SSSR count). The van der Waals surface area contributed by atoms with Crippen LogP contribution in [0.4, 0.5) is 10.8 Å². The molecule has 0 fully saturated rings. The highest BCUT2D eigenvalue weighted by atomic mass is 32.1. The van der Waals surface area contributed by atoms with Gasteiger partial charge < -0.3 is 10.6 Å². The number of carbonyl (C=O) groups excluding carboxylic acids is 1. The van der Waals surface area contributed by atoms with Gasteiger partial charge in [0.25, 0.3) is 5.91 Å². The van der Waals surface area contributed by atoms with Crippen LogP contribution >= 0.6 is 23.6 Å². The largest absolute Gasteiger partial charge is 0.332 e. The summed E-state index contributed by atoms with van der Waals surface area (Å²) in [6.45, 7) is 3.76. The molecule has 0 aliphatic carbocycles.